The molecule has 0 amide bonds. The fraction of sp³-hybridized carbons (Fsp3) is 0.174. The van der Waals surface area contributed by atoms with Crippen LogP contribution in [0.25, 0.3) is 55.7 Å². The van der Waals surface area contributed by atoms with Gasteiger partial charge in [0, 0.05) is 39.8 Å². The van der Waals surface area contributed by atoms with E-state index in [4.69, 9.17) is 14.8 Å². The van der Waals surface area contributed by atoms with Crippen LogP contribution < -0.4 is 4.74 Å². The number of hydrogen-bond donors (Lipinski definition) is 0. The van der Waals surface area contributed by atoms with Crippen molar-refractivity contribution in [3.8, 4) is 45.4 Å². The van der Waals surface area contributed by atoms with E-state index in [-0.39, 0.29) is 49.2 Å². The van der Waals surface area contributed by atoms with Gasteiger partial charge >= 0.3 is 21.1 Å². The molecule has 5 nitrogen and oxygen atoms in total. The van der Waals surface area contributed by atoms with Gasteiger partial charge in [0.05, 0.1) is 11.3 Å². The number of pyridine rings is 1. The average Bonchev–Trinajstić information content (AvgIpc) is 3.74. The molecule has 11 heteroatoms. The first kappa shape index (κ1) is 39.6. The number of para-hydroxylation sites is 1. The van der Waals surface area contributed by atoms with E-state index >= 15 is 8.78 Å². The van der Waals surface area contributed by atoms with E-state index in [2.05, 4.69) is 49.6 Å². The van der Waals surface area contributed by atoms with Crippen LogP contribution in [0.5, 0.6) is 11.5 Å². The maximum absolute atomic E-state index is 15.7. The van der Waals surface area contributed by atoms with Crippen LogP contribution in [0.2, 0.25) is 0 Å². The quantitative estimate of drug-likeness (QED) is 0.0722. The Labute approximate surface area is 341 Å². The molecule has 57 heavy (non-hydrogen) atoms. The first-order valence-corrected chi connectivity index (χ1v) is 18.0. The molecule has 0 aliphatic rings. The Morgan fingerprint density at radius 1 is 0.614 bits per heavy atom. The van der Waals surface area contributed by atoms with Crippen LogP contribution in [0, 0.1) is 41.2 Å². The third-order valence-electron chi connectivity index (χ3n) is 9.70. The molecule has 0 bridgehead atoms. The number of ether oxygens (including phenoxy) is 1. The monoisotopic (exact) mass is 949 g/mol. The summed E-state index contributed by atoms with van der Waals surface area (Å²) in [4.78, 5) is 4.74. The Hall–Kier alpha value is -5.60. The summed E-state index contributed by atoms with van der Waals surface area (Å²) >= 11 is 0. The number of benzene rings is 5. The standard InChI is InChI=1S/C46H35F5N4O.Pt/c1-45(2,3)27-21-22-52-35(23-27)54-33-18-11-10-17-31(33)32-20-19-30(25-34(32)54)56-29-16-12-15-28(24-29)55-44(46(4,5)6)37(43(53-55)26-13-8-7-9-14-26)36-38(47)40(49)42(51)41(50)39(36)48;/h7-23H,1-6H3;/q-2;+2. The van der Waals surface area contributed by atoms with Crippen LogP contribution >= 0.6 is 0 Å². The van der Waals surface area contributed by atoms with E-state index in [0.717, 1.165) is 33.2 Å². The molecule has 0 aliphatic carbocycles. The summed E-state index contributed by atoms with van der Waals surface area (Å²) in [7, 11) is 0. The molecule has 3 aromatic heterocycles. The Bertz CT molecular complexity index is 2790. The smallest absolute Gasteiger partial charge is 0.509 e. The molecule has 3 heterocycles. The minimum Gasteiger partial charge on any atom is -0.509 e. The van der Waals surface area contributed by atoms with Crippen LogP contribution in [0.3, 0.4) is 0 Å². The van der Waals surface area contributed by atoms with Gasteiger partial charge in [-0.1, -0.05) is 95.6 Å². The predicted molar refractivity (Wildman–Crippen MR) is 208 cm³/mol. The molecule has 0 spiro atoms. The van der Waals surface area contributed by atoms with Crippen LogP contribution in [-0.2, 0) is 31.9 Å². The number of rotatable bonds is 6. The molecule has 0 saturated carbocycles. The van der Waals surface area contributed by atoms with E-state index in [1.54, 1.807) is 75.5 Å². The second kappa shape index (κ2) is 14.7. The van der Waals surface area contributed by atoms with E-state index in [0.29, 0.717) is 17.0 Å². The van der Waals surface area contributed by atoms with Gasteiger partial charge in [-0.2, -0.15) is 17.2 Å². The number of halogens is 5. The second-order valence-corrected chi connectivity index (χ2v) is 15.6. The van der Waals surface area contributed by atoms with E-state index in [1.165, 1.54) is 4.68 Å². The summed E-state index contributed by atoms with van der Waals surface area (Å²) in [6.45, 7) is 11.7. The van der Waals surface area contributed by atoms with Gasteiger partial charge in [-0.05, 0) is 40.3 Å². The maximum Gasteiger partial charge on any atom is 2.00 e. The molecule has 0 saturated heterocycles. The van der Waals surface area contributed by atoms with Crippen LogP contribution in [0.1, 0.15) is 52.8 Å². The SMILES string of the molecule is CC(C)(C)c1ccnc(-n2c3[c-]c(Oc4[c-]c(-n5nc(-c6ccccc6)c(-c6c(F)c(F)c(F)c(F)c6F)c5C(C)(C)C)ccc4)ccc3c3ccccc32)c1.[Pt+2]. The van der Waals surface area contributed by atoms with Crippen molar-refractivity contribution in [2.45, 2.75) is 52.4 Å². The van der Waals surface area contributed by atoms with E-state index < -0.39 is 40.1 Å². The van der Waals surface area contributed by atoms with E-state index in [1.807, 2.05) is 36.4 Å². The Morgan fingerprint density at radius 2 is 1.26 bits per heavy atom. The number of aromatic nitrogens is 4. The molecular formula is C46H35F5N4OPt. The van der Waals surface area contributed by atoms with Gasteiger partial charge in [-0.15, -0.1) is 35.7 Å². The molecule has 0 radical (unpaired) electrons. The molecule has 8 aromatic rings. The third-order valence-corrected chi connectivity index (χ3v) is 9.70. The van der Waals surface area contributed by atoms with Gasteiger partial charge in [0.2, 0.25) is 5.82 Å². The molecule has 0 aliphatic heterocycles. The van der Waals surface area contributed by atoms with Crippen molar-refractivity contribution in [2.75, 3.05) is 0 Å². The number of hydrogen-bond acceptors (Lipinski definition) is 3. The average molecular weight is 950 g/mol. The molecule has 8 rings (SSSR count). The summed E-state index contributed by atoms with van der Waals surface area (Å²) < 4.78 is 85.0. The van der Waals surface area contributed by atoms with Gasteiger partial charge < -0.3 is 9.30 Å². The zero-order chi connectivity index (χ0) is 39.7. The molecule has 290 valence electrons. The fourth-order valence-electron chi connectivity index (χ4n) is 7.06. The van der Waals surface area contributed by atoms with E-state index in [9.17, 15) is 13.2 Å². The van der Waals surface area contributed by atoms with Gasteiger partial charge in [0.1, 0.15) is 11.5 Å². The second-order valence-electron chi connectivity index (χ2n) is 15.6. The minimum atomic E-state index is -2.24. The van der Waals surface area contributed by atoms with Crippen LogP contribution in [0.15, 0.2) is 103 Å². The van der Waals surface area contributed by atoms with Crippen molar-refractivity contribution in [1.29, 1.82) is 0 Å². The Balaban J connectivity index is 0.00000496. The Morgan fingerprint density at radius 3 is 1.95 bits per heavy atom. The van der Waals surface area contributed by atoms with Gasteiger partial charge in [-0.25, -0.2) is 26.9 Å². The van der Waals surface area contributed by atoms with Crippen LogP contribution in [-0.4, -0.2) is 19.3 Å². The van der Waals surface area contributed by atoms with Crippen molar-refractivity contribution in [1.82, 2.24) is 19.3 Å². The van der Waals surface area contributed by atoms with Gasteiger partial charge in [-0.3, -0.25) is 4.68 Å². The number of fused-ring (bicyclic) bond motifs is 3. The predicted octanol–water partition coefficient (Wildman–Crippen LogP) is 12.4. The minimum absolute atomic E-state index is 0. The Kier molecular flexibility index (Phi) is 10.2. The van der Waals surface area contributed by atoms with Crippen LogP contribution in [0.4, 0.5) is 22.0 Å². The zero-order valence-corrected chi connectivity index (χ0v) is 34.0. The fourth-order valence-corrected chi connectivity index (χ4v) is 7.06. The summed E-state index contributed by atoms with van der Waals surface area (Å²) in [5, 5.41) is 6.76. The first-order valence-electron chi connectivity index (χ1n) is 18.0. The molecular weight excluding hydrogens is 915 g/mol. The summed E-state index contributed by atoms with van der Waals surface area (Å²) in [5.41, 5.74) is 1.41. The van der Waals surface area contributed by atoms with Crippen molar-refractivity contribution in [3.05, 3.63) is 156 Å². The van der Waals surface area contributed by atoms with Crippen molar-refractivity contribution in [2.24, 2.45) is 0 Å². The number of nitrogens with zero attached hydrogens (tertiary/aromatic N) is 4. The molecule has 5 aromatic carbocycles. The first-order chi connectivity index (χ1) is 26.6. The zero-order valence-electron chi connectivity index (χ0n) is 31.7. The van der Waals surface area contributed by atoms with Gasteiger partial charge in [0.25, 0.3) is 0 Å². The van der Waals surface area contributed by atoms with Gasteiger partial charge in [0.15, 0.2) is 23.3 Å². The topological polar surface area (TPSA) is 44.9 Å². The largest absolute Gasteiger partial charge is 2.00 e. The van der Waals surface area contributed by atoms with Crippen molar-refractivity contribution >= 4 is 21.8 Å². The molecule has 0 fully saturated rings. The molecule has 0 atom stereocenters. The molecule has 0 unspecified atom stereocenters. The van der Waals surface area contributed by atoms with Crippen molar-refractivity contribution < 1.29 is 47.8 Å². The summed E-state index contributed by atoms with van der Waals surface area (Å²) in [5.74, 6) is -8.85. The summed E-state index contributed by atoms with van der Waals surface area (Å²) in [6, 6.07) is 36.1. The summed E-state index contributed by atoms with van der Waals surface area (Å²) in [6.07, 6.45) is 1.80. The maximum atomic E-state index is 15.7. The van der Waals surface area contributed by atoms with Crippen molar-refractivity contribution in [3.63, 3.8) is 0 Å². The molecule has 0 N–H and O–H groups in total. The normalized spacial score (nSPS) is 12.0. The third kappa shape index (κ3) is 6.94.